The van der Waals surface area contributed by atoms with Gasteiger partial charge in [-0.1, -0.05) is 29.8 Å². The summed E-state index contributed by atoms with van der Waals surface area (Å²) in [4.78, 5) is 16.7. The lowest BCUT2D eigenvalue weighted by Crippen LogP contribution is -2.17. The van der Waals surface area contributed by atoms with Crippen LogP contribution in [0.15, 0.2) is 79.3 Å². The van der Waals surface area contributed by atoms with Crippen molar-refractivity contribution in [3.8, 4) is 33.9 Å². The first-order valence-corrected chi connectivity index (χ1v) is 9.14. The van der Waals surface area contributed by atoms with Crippen LogP contribution in [0.4, 0.5) is 4.79 Å². The van der Waals surface area contributed by atoms with Crippen molar-refractivity contribution in [1.82, 2.24) is 14.8 Å². The summed E-state index contributed by atoms with van der Waals surface area (Å²) in [6.45, 7) is 0. The Hall–Kier alpha value is -3.64. The van der Waals surface area contributed by atoms with Crippen LogP contribution in [-0.2, 0) is 0 Å². The Kier molecular flexibility index (Phi) is 5.27. The van der Waals surface area contributed by atoms with E-state index in [0.29, 0.717) is 22.2 Å². The minimum atomic E-state index is -0.614. The Labute approximate surface area is 172 Å². The predicted molar refractivity (Wildman–Crippen MR) is 110 cm³/mol. The normalized spacial score (nSPS) is 10.6. The van der Waals surface area contributed by atoms with E-state index in [-0.39, 0.29) is 0 Å². The largest absolute Gasteiger partial charge is 0.495 e. The number of hydrogen-bond acceptors (Lipinski definition) is 5. The number of ether oxygens (including phenoxy) is 2. The molecule has 0 bridgehead atoms. The van der Waals surface area contributed by atoms with Gasteiger partial charge in [-0.25, -0.2) is 4.79 Å². The summed E-state index contributed by atoms with van der Waals surface area (Å²) in [6.07, 6.45) is 4.38. The third kappa shape index (κ3) is 3.97. The van der Waals surface area contributed by atoms with Crippen molar-refractivity contribution >= 4 is 17.7 Å². The highest BCUT2D eigenvalue weighted by molar-refractivity contribution is 6.32. The van der Waals surface area contributed by atoms with E-state index in [1.54, 1.807) is 62.1 Å². The molecule has 0 atom stereocenters. The molecule has 4 rings (SSSR count). The molecule has 6 nitrogen and oxygen atoms in total. The van der Waals surface area contributed by atoms with E-state index in [1.807, 2.05) is 24.3 Å². The first-order chi connectivity index (χ1) is 14.2. The highest BCUT2D eigenvalue weighted by Crippen LogP contribution is 2.35. The maximum atomic E-state index is 12.6. The van der Waals surface area contributed by atoms with Gasteiger partial charge in [0.05, 0.1) is 12.1 Å². The monoisotopic (exact) mass is 405 g/mol. The van der Waals surface area contributed by atoms with Crippen molar-refractivity contribution in [1.29, 1.82) is 0 Å². The molecule has 0 fully saturated rings. The molecule has 0 radical (unpaired) electrons. The van der Waals surface area contributed by atoms with Crippen LogP contribution in [0.2, 0.25) is 5.02 Å². The molecule has 144 valence electrons. The highest BCUT2D eigenvalue weighted by atomic mass is 35.5. The fraction of sp³-hybridized carbons (Fsp3) is 0.0455. The van der Waals surface area contributed by atoms with Gasteiger partial charge in [0.25, 0.3) is 0 Å². The van der Waals surface area contributed by atoms with Gasteiger partial charge in [0.2, 0.25) is 0 Å². The average molecular weight is 406 g/mol. The molecule has 4 aromatic rings. The van der Waals surface area contributed by atoms with Crippen LogP contribution in [0.25, 0.3) is 22.4 Å². The van der Waals surface area contributed by atoms with E-state index < -0.39 is 6.09 Å². The minimum absolute atomic E-state index is 0.438. The predicted octanol–water partition coefficient (Wildman–Crippen LogP) is 5.32. The number of halogens is 1. The van der Waals surface area contributed by atoms with Gasteiger partial charge in [-0.05, 0) is 48.0 Å². The van der Waals surface area contributed by atoms with Gasteiger partial charge < -0.3 is 9.47 Å². The van der Waals surface area contributed by atoms with Crippen molar-refractivity contribution in [3.05, 3.63) is 84.3 Å². The van der Waals surface area contributed by atoms with Crippen LogP contribution in [0.5, 0.6) is 11.5 Å². The Morgan fingerprint density at radius 3 is 2.45 bits per heavy atom. The van der Waals surface area contributed by atoms with E-state index >= 15 is 0 Å². The summed E-state index contributed by atoms with van der Waals surface area (Å²) in [5.41, 5.74) is 2.94. The Morgan fingerprint density at radius 1 is 1.00 bits per heavy atom. The van der Waals surface area contributed by atoms with Crippen molar-refractivity contribution in [3.63, 3.8) is 0 Å². The second-order valence-corrected chi connectivity index (χ2v) is 6.51. The van der Waals surface area contributed by atoms with Crippen molar-refractivity contribution in [2.45, 2.75) is 0 Å². The molecule has 0 aliphatic rings. The molecule has 7 heteroatoms. The van der Waals surface area contributed by atoms with Crippen LogP contribution >= 0.6 is 11.6 Å². The number of benzene rings is 2. The van der Waals surface area contributed by atoms with Crippen LogP contribution in [0.3, 0.4) is 0 Å². The van der Waals surface area contributed by atoms with Gasteiger partial charge in [-0.3, -0.25) is 4.98 Å². The quantitative estimate of drug-likeness (QED) is 0.459. The standard InChI is InChI=1S/C22H16ClN3O3/c1-28-20-8-7-16(13-19(20)23)21-18(15-9-11-24-12-10-15)14-26(25-21)22(27)29-17-5-3-2-4-6-17/h2-14H,1H3. The minimum Gasteiger partial charge on any atom is -0.495 e. The molecule has 0 saturated carbocycles. The van der Waals surface area contributed by atoms with Crippen molar-refractivity contribution < 1.29 is 14.3 Å². The smallest absolute Gasteiger partial charge is 0.440 e. The Bertz CT molecular complexity index is 1140. The topological polar surface area (TPSA) is 66.2 Å². The molecule has 2 aromatic heterocycles. The molecule has 0 spiro atoms. The van der Waals surface area contributed by atoms with Gasteiger partial charge in [-0.2, -0.15) is 9.78 Å². The van der Waals surface area contributed by atoms with Crippen molar-refractivity contribution in [2.75, 3.05) is 7.11 Å². The van der Waals surface area contributed by atoms with Crippen LogP contribution in [0.1, 0.15) is 0 Å². The van der Waals surface area contributed by atoms with Gasteiger partial charge in [-0.15, -0.1) is 0 Å². The Balaban J connectivity index is 1.77. The van der Waals surface area contributed by atoms with E-state index in [0.717, 1.165) is 16.7 Å². The summed E-state index contributed by atoms with van der Waals surface area (Å²) in [7, 11) is 1.55. The SMILES string of the molecule is COc1ccc(-c2nn(C(=O)Oc3ccccc3)cc2-c2ccncc2)cc1Cl. The zero-order valence-corrected chi connectivity index (χ0v) is 16.2. The number of methoxy groups -OCH3 is 1. The lowest BCUT2D eigenvalue weighted by atomic mass is 10.0. The molecule has 2 aromatic carbocycles. The molecule has 0 unspecified atom stereocenters. The number of para-hydroxylation sites is 1. The first kappa shape index (κ1) is 18.7. The summed E-state index contributed by atoms with van der Waals surface area (Å²) in [5.74, 6) is 0.997. The summed E-state index contributed by atoms with van der Waals surface area (Å²) in [6, 6.07) is 17.9. The lowest BCUT2D eigenvalue weighted by molar-refractivity contribution is 0.199. The van der Waals surface area contributed by atoms with Crippen LogP contribution < -0.4 is 9.47 Å². The maximum Gasteiger partial charge on any atom is 0.440 e. The molecule has 0 aliphatic heterocycles. The maximum absolute atomic E-state index is 12.6. The molecule has 2 heterocycles. The second-order valence-electron chi connectivity index (χ2n) is 6.10. The van der Waals surface area contributed by atoms with Crippen LogP contribution in [0, 0.1) is 0 Å². The summed E-state index contributed by atoms with van der Waals surface area (Å²) < 4.78 is 11.8. The third-order valence-electron chi connectivity index (χ3n) is 4.27. The third-order valence-corrected chi connectivity index (χ3v) is 4.56. The Morgan fingerprint density at radius 2 is 1.76 bits per heavy atom. The molecule has 0 aliphatic carbocycles. The fourth-order valence-corrected chi connectivity index (χ4v) is 3.13. The molecule has 0 N–H and O–H groups in total. The van der Waals surface area contributed by atoms with Gasteiger partial charge in [0.1, 0.15) is 17.2 Å². The first-order valence-electron chi connectivity index (χ1n) is 8.77. The lowest BCUT2D eigenvalue weighted by Gasteiger charge is -2.06. The van der Waals surface area contributed by atoms with Crippen molar-refractivity contribution in [2.24, 2.45) is 0 Å². The van der Waals surface area contributed by atoms with Gasteiger partial charge in [0, 0.05) is 29.7 Å². The summed E-state index contributed by atoms with van der Waals surface area (Å²) >= 11 is 6.29. The number of rotatable bonds is 4. The van der Waals surface area contributed by atoms with E-state index in [1.165, 1.54) is 4.68 Å². The molecular formula is C22H16ClN3O3. The molecule has 0 amide bonds. The van der Waals surface area contributed by atoms with Gasteiger partial charge >= 0.3 is 6.09 Å². The van der Waals surface area contributed by atoms with E-state index in [2.05, 4.69) is 10.1 Å². The molecule has 29 heavy (non-hydrogen) atoms. The molecule has 0 saturated heterocycles. The zero-order valence-electron chi connectivity index (χ0n) is 15.4. The van der Waals surface area contributed by atoms with Crippen LogP contribution in [-0.4, -0.2) is 28.0 Å². The average Bonchev–Trinajstić information content (AvgIpc) is 3.21. The van der Waals surface area contributed by atoms with Gasteiger partial charge in [0.15, 0.2) is 0 Å². The van der Waals surface area contributed by atoms with E-state index in [9.17, 15) is 4.79 Å². The number of hydrogen-bond donors (Lipinski definition) is 0. The fourth-order valence-electron chi connectivity index (χ4n) is 2.87. The van der Waals surface area contributed by atoms with E-state index in [4.69, 9.17) is 21.1 Å². The highest BCUT2D eigenvalue weighted by Gasteiger charge is 2.18. The number of aromatic nitrogens is 3. The summed E-state index contributed by atoms with van der Waals surface area (Å²) in [5, 5.41) is 4.92. The number of nitrogens with zero attached hydrogens (tertiary/aromatic N) is 3. The number of carbonyl (C=O) groups excluding carboxylic acids is 1. The molecular weight excluding hydrogens is 390 g/mol. The second kappa shape index (κ2) is 8.16. The zero-order chi connectivity index (χ0) is 20.2. The number of carbonyl (C=O) groups is 1. The number of pyridine rings is 1.